The lowest BCUT2D eigenvalue weighted by Gasteiger charge is -2.28. The summed E-state index contributed by atoms with van der Waals surface area (Å²) in [5.74, 6) is -0.951. The van der Waals surface area contributed by atoms with E-state index in [1.165, 1.54) is 33.2 Å². The van der Waals surface area contributed by atoms with Crippen LogP contribution in [0.25, 0.3) is 5.69 Å². The minimum atomic E-state index is -1.36. The van der Waals surface area contributed by atoms with E-state index in [0.29, 0.717) is 16.3 Å². The average molecular weight is 460 g/mol. The number of nitrogens with one attached hydrogen (secondary N) is 1. The number of aromatic nitrogens is 7. The number of fused-ring (bicyclic) bond motifs is 1. The third-order valence-corrected chi connectivity index (χ3v) is 5.63. The Morgan fingerprint density at radius 2 is 2.22 bits per heavy atom. The second kappa shape index (κ2) is 8.26. The van der Waals surface area contributed by atoms with Crippen molar-refractivity contribution in [2.24, 2.45) is 0 Å². The van der Waals surface area contributed by atoms with Crippen molar-refractivity contribution in [3.63, 3.8) is 0 Å². The van der Waals surface area contributed by atoms with Crippen LogP contribution in [0.3, 0.4) is 0 Å². The van der Waals surface area contributed by atoms with Gasteiger partial charge in [0.1, 0.15) is 37.2 Å². The van der Waals surface area contributed by atoms with Gasteiger partial charge in [0.15, 0.2) is 6.10 Å². The predicted molar refractivity (Wildman–Crippen MR) is 106 cm³/mol. The molecule has 2 saturated heterocycles. The van der Waals surface area contributed by atoms with E-state index in [2.05, 4.69) is 30.9 Å². The molecular formula is C18H18ClN9O4. The van der Waals surface area contributed by atoms with Gasteiger partial charge in [-0.15, -0.1) is 5.10 Å². The number of carbonyl (C=O) groups excluding carboxylic acids is 2. The number of rotatable bonds is 7. The van der Waals surface area contributed by atoms with Crippen LogP contribution in [0.1, 0.15) is 5.56 Å². The Morgan fingerprint density at radius 3 is 2.97 bits per heavy atom. The van der Waals surface area contributed by atoms with Gasteiger partial charge in [-0.25, -0.2) is 14.3 Å². The Kier molecular flexibility index (Phi) is 5.28. The number of likely N-dealkylation sites (tertiary alicyclic amines) is 1. The smallest absolute Gasteiger partial charge is 0.254 e. The second-order valence-electron chi connectivity index (χ2n) is 7.45. The van der Waals surface area contributed by atoms with Crippen molar-refractivity contribution >= 4 is 23.4 Å². The number of hydrogen-bond acceptors (Lipinski definition) is 9. The monoisotopic (exact) mass is 459 g/mol. The van der Waals surface area contributed by atoms with Crippen molar-refractivity contribution in [2.45, 2.75) is 37.4 Å². The standard InChI is InChI=1S/C18H18ClN9O4/c19-11-1-2-12(28-9-22-24-25-28)10(3-11)4-21-17(30)15-16-14(32-16)6-27(15)18(31)13(29)5-26-8-20-7-23-26/h1-3,7-9,13-16,29H,4-6H2,(H,21,30)/t13?,14-,15-,16-/m0/s1. The van der Waals surface area contributed by atoms with Crippen molar-refractivity contribution in [2.75, 3.05) is 6.54 Å². The summed E-state index contributed by atoms with van der Waals surface area (Å²) in [5, 5.41) is 28.7. The lowest BCUT2D eigenvalue weighted by molar-refractivity contribution is -0.148. The molecule has 166 valence electrons. The van der Waals surface area contributed by atoms with Gasteiger partial charge in [-0.1, -0.05) is 11.6 Å². The Bertz CT molecular complexity index is 1120. The molecule has 4 atom stereocenters. The molecule has 0 saturated carbocycles. The normalized spacial score (nSPS) is 22.4. The van der Waals surface area contributed by atoms with E-state index >= 15 is 0 Å². The predicted octanol–water partition coefficient (Wildman–Crippen LogP) is -1.44. The van der Waals surface area contributed by atoms with Crippen LogP contribution in [0.5, 0.6) is 0 Å². The van der Waals surface area contributed by atoms with Gasteiger partial charge in [-0.05, 0) is 34.2 Å². The van der Waals surface area contributed by atoms with Crippen molar-refractivity contribution in [1.29, 1.82) is 0 Å². The van der Waals surface area contributed by atoms with Crippen LogP contribution in [0, 0.1) is 0 Å². The van der Waals surface area contributed by atoms with Crippen molar-refractivity contribution in [3.8, 4) is 5.69 Å². The van der Waals surface area contributed by atoms with E-state index in [1.54, 1.807) is 18.2 Å². The summed E-state index contributed by atoms with van der Waals surface area (Å²) >= 11 is 6.12. The molecule has 5 rings (SSSR count). The van der Waals surface area contributed by atoms with Gasteiger partial charge >= 0.3 is 0 Å². The van der Waals surface area contributed by atoms with Crippen LogP contribution in [0.15, 0.2) is 37.2 Å². The van der Waals surface area contributed by atoms with Crippen LogP contribution in [-0.2, 0) is 27.4 Å². The molecule has 0 spiro atoms. The molecule has 32 heavy (non-hydrogen) atoms. The maximum absolute atomic E-state index is 13.0. The van der Waals surface area contributed by atoms with Gasteiger partial charge in [0.05, 0.1) is 18.8 Å². The van der Waals surface area contributed by atoms with Crippen molar-refractivity contribution in [1.82, 2.24) is 45.2 Å². The minimum Gasteiger partial charge on any atom is -0.381 e. The van der Waals surface area contributed by atoms with E-state index in [0.717, 1.165) is 0 Å². The number of aliphatic hydroxyl groups excluding tert-OH is 1. The molecule has 0 bridgehead atoms. The molecule has 2 aliphatic heterocycles. The number of tetrazole rings is 1. The average Bonchev–Trinajstić information content (AvgIpc) is 3.22. The fourth-order valence-electron chi connectivity index (χ4n) is 3.84. The summed E-state index contributed by atoms with van der Waals surface area (Å²) in [6.45, 7) is 0.312. The number of morpholine rings is 1. The summed E-state index contributed by atoms with van der Waals surface area (Å²) in [5.41, 5.74) is 1.34. The highest BCUT2D eigenvalue weighted by atomic mass is 35.5. The third-order valence-electron chi connectivity index (χ3n) is 5.40. The zero-order valence-corrected chi connectivity index (χ0v) is 17.3. The van der Waals surface area contributed by atoms with Gasteiger partial charge in [0, 0.05) is 11.6 Å². The summed E-state index contributed by atoms with van der Waals surface area (Å²) in [7, 11) is 0. The maximum Gasteiger partial charge on any atom is 0.254 e. The fourth-order valence-corrected chi connectivity index (χ4v) is 4.03. The Balaban J connectivity index is 1.28. The van der Waals surface area contributed by atoms with Crippen LogP contribution < -0.4 is 5.32 Å². The number of hydrogen-bond donors (Lipinski definition) is 2. The molecule has 0 aliphatic carbocycles. The maximum atomic E-state index is 13.0. The number of epoxide rings is 1. The Morgan fingerprint density at radius 1 is 1.34 bits per heavy atom. The van der Waals surface area contributed by atoms with Crippen molar-refractivity contribution in [3.05, 3.63) is 47.8 Å². The number of halogens is 1. The molecule has 0 radical (unpaired) electrons. The molecule has 1 unspecified atom stereocenters. The molecule has 2 fully saturated rings. The lowest BCUT2D eigenvalue weighted by Crippen LogP contribution is -2.52. The van der Waals surface area contributed by atoms with Gasteiger partial charge in [0.2, 0.25) is 5.91 Å². The first-order valence-corrected chi connectivity index (χ1v) is 10.1. The van der Waals surface area contributed by atoms with Crippen LogP contribution >= 0.6 is 11.6 Å². The summed E-state index contributed by atoms with van der Waals surface area (Å²) in [4.78, 5) is 31.0. The van der Waals surface area contributed by atoms with E-state index < -0.39 is 24.2 Å². The first-order chi connectivity index (χ1) is 15.5. The number of benzene rings is 1. The highest BCUT2D eigenvalue weighted by Gasteiger charge is 2.59. The number of nitrogens with zero attached hydrogens (tertiary/aromatic N) is 8. The molecule has 2 aliphatic rings. The Hall–Kier alpha value is -3.42. The summed E-state index contributed by atoms with van der Waals surface area (Å²) < 4.78 is 8.30. The molecule has 13 nitrogen and oxygen atoms in total. The largest absolute Gasteiger partial charge is 0.381 e. The highest BCUT2D eigenvalue weighted by Crippen LogP contribution is 2.37. The van der Waals surface area contributed by atoms with Crippen LogP contribution in [-0.4, -0.2) is 87.7 Å². The number of ether oxygens (including phenoxy) is 1. The van der Waals surface area contributed by atoms with E-state index in [4.69, 9.17) is 16.3 Å². The van der Waals surface area contributed by atoms with Crippen molar-refractivity contribution < 1.29 is 19.4 Å². The van der Waals surface area contributed by atoms with Crippen LogP contribution in [0.4, 0.5) is 0 Å². The first-order valence-electron chi connectivity index (χ1n) is 9.77. The Labute approximate surface area is 185 Å². The molecule has 4 heterocycles. The third kappa shape index (κ3) is 3.92. The zero-order valence-electron chi connectivity index (χ0n) is 16.5. The highest BCUT2D eigenvalue weighted by molar-refractivity contribution is 6.30. The molecule has 2 amide bonds. The van der Waals surface area contributed by atoms with E-state index in [1.807, 2.05) is 0 Å². The van der Waals surface area contributed by atoms with E-state index in [-0.39, 0.29) is 31.6 Å². The van der Waals surface area contributed by atoms with Gasteiger partial charge in [0.25, 0.3) is 5.91 Å². The topological polar surface area (TPSA) is 156 Å². The second-order valence-corrected chi connectivity index (χ2v) is 7.89. The number of amides is 2. The molecule has 2 N–H and O–H groups in total. The number of aliphatic hydroxyl groups is 1. The molecule has 3 aromatic rings. The number of carbonyl (C=O) groups is 2. The minimum absolute atomic E-state index is 0.0579. The molecular weight excluding hydrogens is 442 g/mol. The molecule has 14 heteroatoms. The first kappa shape index (κ1) is 20.5. The SMILES string of the molecule is O=C(NCc1cc(Cl)ccc1-n1cnnn1)[C@@H]1[C@H]2O[C@H]2CN1C(=O)C(O)Cn1cncn1. The quantitative estimate of drug-likeness (QED) is 0.404. The molecule has 1 aromatic carbocycles. The lowest BCUT2D eigenvalue weighted by atomic mass is 10.1. The van der Waals surface area contributed by atoms with Gasteiger partial charge in [-0.2, -0.15) is 5.10 Å². The fraction of sp³-hybridized carbons (Fsp3) is 0.389. The molecule has 2 aromatic heterocycles. The summed E-state index contributed by atoms with van der Waals surface area (Å²) in [6, 6.07) is 4.30. The van der Waals surface area contributed by atoms with Crippen LogP contribution in [0.2, 0.25) is 5.02 Å². The van der Waals surface area contributed by atoms with Gasteiger partial charge < -0.3 is 20.1 Å². The zero-order chi connectivity index (χ0) is 22.2. The van der Waals surface area contributed by atoms with E-state index in [9.17, 15) is 14.7 Å². The van der Waals surface area contributed by atoms with Gasteiger partial charge in [-0.3, -0.25) is 9.59 Å². The summed E-state index contributed by atoms with van der Waals surface area (Å²) in [6.07, 6.45) is 2.19.